The number of hydrogen-bond acceptors (Lipinski definition) is 5. The zero-order chi connectivity index (χ0) is 21.9. The van der Waals surface area contributed by atoms with E-state index in [-0.39, 0.29) is 12.5 Å². The molecule has 0 aliphatic rings. The molecule has 6 heteroatoms. The van der Waals surface area contributed by atoms with Gasteiger partial charge in [0.05, 0.1) is 19.9 Å². The molecule has 6 nitrogen and oxygen atoms in total. The van der Waals surface area contributed by atoms with Gasteiger partial charge in [-0.25, -0.2) is 5.43 Å². The van der Waals surface area contributed by atoms with E-state index < -0.39 is 0 Å². The Hall–Kier alpha value is -3.54. The van der Waals surface area contributed by atoms with Gasteiger partial charge >= 0.3 is 0 Å². The molecule has 162 valence electrons. The van der Waals surface area contributed by atoms with Crippen molar-refractivity contribution in [1.82, 2.24) is 5.43 Å². The van der Waals surface area contributed by atoms with Gasteiger partial charge in [0.1, 0.15) is 5.75 Å². The second kappa shape index (κ2) is 11.6. The van der Waals surface area contributed by atoms with Gasteiger partial charge < -0.3 is 14.2 Å². The number of nitrogens with zero attached hydrogens (tertiary/aromatic N) is 1. The average Bonchev–Trinajstić information content (AvgIpc) is 2.81. The van der Waals surface area contributed by atoms with Crippen LogP contribution in [0.2, 0.25) is 0 Å². The number of rotatable bonds is 11. The summed E-state index contributed by atoms with van der Waals surface area (Å²) >= 11 is 0. The second-order valence-corrected chi connectivity index (χ2v) is 7.03. The number of methoxy groups -OCH3 is 1. The third-order valence-electron chi connectivity index (χ3n) is 4.70. The van der Waals surface area contributed by atoms with E-state index in [1.54, 1.807) is 13.3 Å². The van der Waals surface area contributed by atoms with E-state index in [9.17, 15) is 4.79 Å². The molecule has 0 heterocycles. The molecule has 3 rings (SSSR count). The van der Waals surface area contributed by atoms with Crippen LogP contribution in [0.4, 0.5) is 0 Å². The Kier molecular flexibility index (Phi) is 8.29. The van der Waals surface area contributed by atoms with Crippen LogP contribution in [0.3, 0.4) is 0 Å². The standard InChI is InChI=1S/C25H28N2O4/c1-3-4-7-15-30-23-14-13-19(16-24(23)29-2)17-26-27-25(28)18-31-22-12-8-10-20-9-5-6-11-21(20)22/h5-6,8-14,16-17H,3-4,7,15,18H2,1-2H3,(H,27,28)/b26-17+. The first-order valence-electron chi connectivity index (χ1n) is 10.4. The molecule has 0 radical (unpaired) electrons. The molecular weight excluding hydrogens is 392 g/mol. The van der Waals surface area contributed by atoms with Crippen LogP contribution in [0.5, 0.6) is 17.2 Å². The number of amides is 1. The number of carbonyl (C=O) groups is 1. The molecular formula is C25H28N2O4. The predicted molar refractivity (Wildman–Crippen MR) is 123 cm³/mol. The maximum atomic E-state index is 12.1. The molecule has 0 saturated carbocycles. The van der Waals surface area contributed by atoms with Crippen molar-refractivity contribution in [1.29, 1.82) is 0 Å². The summed E-state index contributed by atoms with van der Waals surface area (Å²) in [6.07, 6.45) is 4.85. The van der Waals surface area contributed by atoms with E-state index in [0.29, 0.717) is 23.9 Å². The summed E-state index contributed by atoms with van der Waals surface area (Å²) in [7, 11) is 1.60. The van der Waals surface area contributed by atoms with Crippen LogP contribution in [0.25, 0.3) is 10.8 Å². The number of fused-ring (bicyclic) bond motifs is 1. The van der Waals surface area contributed by atoms with E-state index in [1.807, 2.05) is 60.7 Å². The highest BCUT2D eigenvalue weighted by Gasteiger charge is 2.07. The van der Waals surface area contributed by atoms with E-state index in [2.05, 4.69) is 17.5 Å². The lowest BCUT2D eigenvalue weighted by Crippen LogP contribution is -2.24. The lowest BCUT2D eigenvalue weighted by atomic mass is 10.1. The molecule has 0 saturated heterocycles. The van der Waals surface area contributed by atoms with Crippen LogP contribution in [0.1, 0.15) is 31.7 Å². The molecule has 0 aliphatic heterocycles. The van der Waals surface area contributed by atoms with Gasteiger partial charge in [-0.05, 0) is 41.6 Å². The molecule has 0 atom stereocenters. The van der Waals surface area contributed by atoms with Gasteiger partial charge in [0.2, 0.25) is 0 Å². The van der Waals surface area contributed by atoms with Crippen molar-refractivity contribution < 1.29 is 19.0 Å². The maximum absolute atomic E-state index is 12.1. The molecule has 31 heavy (non-hydrogen) atoms. The highest BCUT2D eigenvalue weighted by molar-refractivity contribution is 5.89. The second-order valence-electron chi connectivity index (χ2n) is 7.03. The van der Waals surface area contributed by atoms with Crippen LogP contribution in [0, 0.1) is 0 Å². The van der Waals surface area contributed by atoms with Crippen molar-refractivity contribution in [3.8, 4) is 17.2 Å². The Morgan fingerprint density at radius 3 is 2.65 bits per heavy atom. The third kappa shape index (κ3) is 6.47. The van der Waals surface area contributed by atoms with Crippen LogP contribution in [-0.4, -0.2) is 32.4 Å². The van der Waals surface area contributed by atoms with Crippen LogP contribution in [0.15, 0.2) is 65.8 Å². The predicted octanol–water partition coefficient (Wildman–Crippen LogP) is 4.95. The zero-order valence-electron chi connectivity index (χ0n) is 18.0. The Bertz CT molecular complexity index is 1030. The minimum absolute atomic E-state index is 0.126. The molecule has 0 aliphatic carbocycles. The van der Waals surface area contributed by atoms with Crippen molar-refractivity contribution in [3.05, 3.63) is 66.2 Å². The number of hydrazone groups is 1. The summed E-state index contributed by atoms with van der Waals surface area (Å²) in [6.45, 7) is 2.69. The van der Waals surface area contributed by atoms with Gasteiger partial charge in [-0.3, -0.25) is 4.79 Å². The number of ether oxygens (including phenoxy) is 3. The summed E-state index contributed by atoms with van der Waals surface area (Å²) in [5, 5.41) is 6.03. The first-order valence-corrected chi connectivity index (χ1v) is 10.4. The quantitative estimate of drug-likeness (QED) is 0.271. The first kappa shape index (κ1) is 22.2. The Balaban J connectivity index is 1.52. The number of nitrogens with one attached hydrogen (secondary N) is 1. The molecule has 3 aromatic carbocycles. The number of hydrogen-bond donors (Lipinski definition) is 1. The molecule has 0 spiro atoms. The van der Waals surface area contributed by atoms with Crippen molar-refractivity contribution in [2.24, 2.45) is 5.10 Å². The fourth-order valence-corrected chi connectivity index (χ4v) is 3.09. The fourth-order valence-electron chi connectivity index (χ4n) is 3.09. The largest absolute Gasteiger partial charge is 0.493 e. The number of carbonyl (C=O) groups excluding carboxylic acids is 1. The molecule has 0 aromatic heterocycles. The van der Waals surface area contributed by atoms with Gasteiger partial charge in [-0.2, -0.15) is 5.10 Å². The van der Waals surface area contributed by atoms with E-state index in [4.69, 9.17) is 14.2 Å². The Morgan fingerprint density at radius 1 is 0.968 bits per heavy atom. The van der Waals surface area contributed by atoms with Gasteiger partial charge in [0, 0.05) is 5.39 Å². The molecule has 1 N–H and O–H groups in total. The zero-order valence-corrected chi connectivity index (χ0v) is 18.0. The third-order valence-corrected chi connectivity index (χ3v) is 4.70. The van der Waals surface area contributed by atoms with Crippen LogP contribution < -0.4 is 19.6 Å². The van der Waals surface area contributed by atoms with Crippen molar-refractivity contribution in [3.63, 3.8) is 0 Å². The van der Waals surface area contributed by atoms with Crippen LogP contribution >= 0.6 is 0 Å². The maximum Gasteiger partial charge on any atom is 0.277 e. The monoisotopic (exact) mass is 420 g/mol. The number of benzene rings is 3. The van der Waals surface area contributed by atoms with E-state index >= 15 is 0 Å². The topological polar surface area (TPSA) is 69.2 Å². The molecule has 0 bridgehead atoms. The van der Waals surface area contributed by atoms with Crippen molar-refractivity contribution in [2.45, 2.75) is 26.2 Å². The summed E-state index contributed by atoms with van der Waals surface area (Å²) in [4.78, 5) is 12.1. The van der Waals surface area contributed by atoms with E-state index in [0.717, 1.165) is 35.6 Å². The minimum atomic E-state index is -0.341. The van der Waals surface area contributed by atoms with E-state index in [1.165, 1.54) is 0 Å². The average molecular weight is 421 g/mol. The Labute approximate surface area is 182 Å². The van der Waals surface area contributed by atoms with Crippen molar-refractivity contribution in [2.75, 3.05) is 20.3 Å². The summed E-state index contributed by atoms with van der Waals surface area (Å²) < 4.78 is 16.8. The number of unbranched alkanes of at least 4 members (excludes halogenated alkanes) is 2. The summed E-state index contributed by atoms with van der Waals surface area (Å²) in [5.74, 6) is 1.65. The van der Waals surface area contributed by atoms with Gasteiger partial charge in [0.15, 0.2) is 18.1 Å². The van der Waals surface area contributed by atoms with Gasteiger partial charge in [-0.1, -0.05) is 56.2 Å². The first-order chi connectivity index (χ1) is 15.2. The van der Waals surface area contributed by atoms with Crippen LogP contribution in [-0.2, 0) is 4.79 Å². The summed E-state index contributed by atoms with van der Waals surface area (Å²) in [6, 6.07) is 19.1. The molecule has 0 fully saturated rings. The highest BCUT2D eigenvalue weighted by atomic mass is 16.5. The van der Waals surface area contributed by atoms with Gasteiger partial charge in [0.25, 0.3) is 5.91 Å². The molecule has 1 amide bonds. The fraction of sp³-hybridized carbons (Fsp3) is 0.280. The molecule has 3 aromatic rings. The normalized spacial score (nSPS) is 10.9. The summed E-state index contributed by atoms with van der Waals surface area (Å²) in [5.41, 5.74) is 3.27. The van der Waals surface area contributed by atoms with Gasteiger partial charge in [-0.15, -0.1) is 0 Å². The highest BCUT2D eigenvalue weighted by Crippen LogP contribution is 2.28. The SMILES string of the molecule is CCCCCOc1ccc(/C=N/NC(=O)COc2cccc3ccccc23)cc1OC. The Morgan fingerprint density at radius 2 is 1.81 bits per heavy atom. The van der Waals surface area contributed by atoms with Crippen molar-refractivity contribution >= 4 is 22.9 Å². The lowest BCUT2D eigenvalue weighted by molar-refractivity contribution is -0.123. The molecule has 0 unspecified atom stereocenters. The smallest absolute Gasteiger partial charge is 0.277 e. The minimum Gasteiger partial charge on any atom is -0.493 e. The lowest BCUT2D eigenvalue weighted by Gasteiger charge is -2.11.